The number of fused-ring (bicyclic) bond motifs is 1. The third-order valence-electron chi connectivity index (χ3n) is 4.49. The third kappa shape index (κ3) is 3.37. The molecule has 0 saturated carbocycles. The van der Waals surface area contributed by atoms with Gasteiger partial charge in [-0.3, -0.25) is 4.68 Å². The number of hydrogen-bond acceptors (Lipinski definition) is 5. The molecule has 0 aliphatic carbocycles. The van der Waals surface area contributed by atoms with Crippen molar-refractivity contribution >= 4 is 17.3 Å². The molecular weight excluding hydrogens is 326 g/mol. The van der Waals surface area contributed by atoms with E-state index >= 15 is 0 Å². The molecule has 0 bridgehead atoms. The fraction of sp³-hybridized carbons (Fsp3) is 0.368. The highest BCUT2D eigenvalue weighted by molar-refractivity contribution is 6.07. The van der Waals surface area contributed by atoms with Gasteiger partial charge in [0, 0.05) is 36.3 Å². The SMILES string of the molecule is CCN/C=C(\C=N)c1cn2nccc2c(-c2cnn(C(CC)CC)c2)n1. The zero-order valence-corrected chi connectivity index (χ0v) is 15.5. The number of allylic oxidation sites excluding steroid dienone is 1. The summed E-state index contributed by atoms with van der Waals surface area (Å²) in [6.45, 7) is 7.15. The minimum absolute atomic E-state index is 0.388. The summed E-state index contributed by atoms with van der Waals surface area (Å²) in [7, 11) is 0. The molecule has 0 unspecified atom stereocenters. The normalized spacial score (nSPS) is 12.1. The summed E-state index contributed by atoms with van der Waals surface area (Å²) in [5.41, 5.74) is 4.10. The van der Waals surface area contributed by atoms with E-state index in [1.165, 1.54) is 6.21 Å². The van der Waals surface area contributed by atoms with Crippen LogP contribution in [0.2, 0.25) is 0 Å². The first-order chi connectivity index (χ1) is 12.7. The summed E-state index contributed by atoms with van der Waals surface area (Å²) >= 11 is 0. The molecule has 7 nitrogen and oxygen atoms in total. The second-order valence-electron chi connectivity index (χ2n) is 6.12. The van der Waals surface area contributed by atoms with E-state index in [0.29, 0.717) is 17.3 Å². The molecule has 0 saturated heterocycles. The van der Waals surface area contributed by atoms with Crippen LogP contribution >= 0.6 is 0 Å². The third-order valence-corrected chi connectivity index (χ3v) is 4.49. The molecule has 0 fully saturated rings. The van der Waals surface area contributed by atoms with Gasteiger partial charge in [0.1, 0.15) is 0 Å². The van der Waals surface area contributed by atoms with Crippen molar-refractivity contribution in [3.8, 4) is 11.3 Å². The Labute approximate surface area is 153 Å². The highest BCUT2D eigenvalue weighted by Gasteiger charge is 2.15. The van der Waals surface area contributed by atoms with E-state index in [9.17, 15) is 0 Å². The van der Waals surface area contributed by atoms with E-state index in [-0.39, 0.29) is 0 Å². The number of hydrogen-bond donors (Lipinski definition) is 2. The van der Waals surface area contributed by atoms with Crippen LogP contribution in [0.15, 0.2) is 37.1 Å². The van der Waals surface area contributed by atoms with E-state index in [0.717, 1.165) is 36.2 Å². The smallest absolute Gasteiger partial charge is 0.0999 e. The van der Waals surface area contributed by atoms with Crippen LogP contribution in [0.4, 0.5) is 0 Å². The van der Waals surface area contributed by atoms with Gasteiger partial charge in [-0.1, -0.05) is 13.8 Å². The lowest BCUT2D eigenvalue weighted by molar-refractivity contribution is 0.428. The van der Waals surface area contributed by atoms with E-state index in [1.807, 2.05) is 36.3 Å². The molecule has 0 aliphatic heterocycles. The van der Waals surface area contributed by atoms with Crippen molar-refractivity contribution in [2.24, 2.45) is 0 Å². The summed E-state index contributed by atoms with van der Waals surface area (Å²) in [6.07, 6.45) is 12.7. The second-order valence-corrected chi connectivity index (χ2v) is 6.12. The molecule has 3 heterocycles. The first-order valence-corrected chi connectivity index (χ1v) is 9.05. The van der Waals surface area contributed by atoms with Crippen LogP contribution in [-0.2, 0) is 0 Å². The van der Waals surface area contributed by atoms with Crippen LogP contribution in [0.25, 0.3) is 22.3 Å². The molecule has 136 valence electrons. The van der Waals surface area contributed by atoms with Gasteiger partial charge in [0.2, 0.25) is 0 Å². The molecule has 0 aliphatic rings. The van der Waals surface area contributed by atoms with Crippen molar-refractivity contribution in [3.63, 3.8) is 0 Å². The zero-order chi connectivity index (χ0) is 18.5. The average Bonchev–Trinajstić information content (AvgIpc) is 3.32. The number of nitrogens with one attached hydrogen (secondary N) is 2. The first kappa shape index (κ1) is 17.8. The molecule has 3 aromatic rings. The van der Waals surface area contributed by atoms with Crippen LogP contribution in [-0.4, -0.2) is 37.1 Å². The maximum Gasteiger partial charge on any atom is 0.0999 e. The van der Waals surface area contributed by atoms with E-state index in [2.05, 4.69) is 35.6 Å². The van der Waals surface area contributed by atoms with Crippen LogP contribution in [0.5, 0.6) is 0 Å². The number of nitrogens with zero attached hydrogens (tertiary/aromatic N) is 5. The predicted octanol–water partition coefficient (Wildman–Crippen LogP) is 3.55. The monoisotopic (exact) mass is 351 g/mol. The summed E-state index contributed by atoms with van der Waals surface area (Å²) < 4.78 is 3.82. The maximum atomic E-state index is 7.71. The van der Waals surface area contributed by atoms with Gasteiger partial charge < -0.3 is 10.7 Å². The Kier molecular flexibility index (Phi) is 5.46. The highest BCUT2D eigenvalue weighted by atomic mass is 15.3. The highest BCUT2D eigenvalue weighted by Crippen LogP contribution is 2.26. The number of aromatic nitrogens is 5. The maximum absolute atomic E-state index is 7.71. The predicted molar refractivity (Wildman–Crippen MR) is 104 cm³/mol. The Balaban J connectivity index is 2.11. The van der Waals surface area contributed by atoms with Gasteiger partial charge in [0.15, 0.2) is 0 Å². The molecule has 0 spiro atoms. The zero-order valence-electron chi connectivity index (χ0n) is 15.5. The average molecular weight is 351 g/mol. The molecule has 0 atom stereocenters. The Hall–Kier alpha value is -2.96. The van der Waals surface area contributed by atoms with Crippen molar-refractivity contribution in [1.29, 1.82) is 5.41 Å². The van der Waals surface area contributed by atoms with Gasteiger partial charge in [-0.25, -0.2) is 9.50 Å². The molecule has 3 aromatic heterocycles. The van der Waals surface area contributed by atoms with Crippen molar-refractivity contribution in [3.05, 3.63) is 42.7 Å². The van der Waals surface area contributed by atoms with Gasteiger partial charge in [-0.05, 0) is 25.8 Å². The van der Waals surface area contributed by atoms with Crippen LogP contribution in [0.1, 0.15) is 45.3 Å². The van der Waals surface area contributed by atoms with Crippen LogP contribution in [0, 0.1) is 5.41 Å². The minimum atomic E-state index is 0.388. The molecule has 26 heavy (non-hydrogen) atoms. The van der Waals surface area contributed by atoms with E-state index < -0.39 is 0 Å². The van der Waals surface area contributed by atoms with Gasteiger partial charge in [-0.2, -0.15) is 10.2 Å². The Morgan fingerprint density at radius 2 is 2.04 bits per heavy atom. The lowest BCUT2D eigenvalue weighted by Gasteiger charge is -2.12. The first-order valence-electron chi connectivity index (χ1n) is 9.05. The lowest BCUT2D eigenvalue weighted by Crippen LogP contribution is -2.07. The van der Waals surface area contributed by atoms with Gasteiger partial charge in [0.25, 0.3) is 0 Å². The van der Waals surface area contributed by atoms with Crippen molar-refractivity contribution in [2.45, 2.75) is 39.7 Å². The van der Waals surface area contributed by atoms with Crippen LogP contribution < -0.4 is 5.32 Å². The quantitative estimate of drug-likeness (QED) is 0.608. The largest absolute Gasteiger partial charge is 0.391 e. The molecule has 3 rings (SSSR count). The topological polar surface area (TPSA) is 83.9 Å². The molecule has 0 amide bonds. The summed E-state index contributed by atoms with van der Waals surface area (Å²) in [5.74, 6) is 0. The lowest BCUT2D eigenvalue weighted by atomic mass is 10.1. The van der Waals surface area contributed by atoms with Gasteiger partial charge in [-0.15, -0.1) is 0 Å². The Bertz CT molecular complexity index is 915. The molecule has 2 N–H and O–H groups in total. The van der Waals surface area contributed by atoms with Gasteiger partial charge in [0.05, 0.1) is 41.5 Å². The minimum Gasteiger partial charge on any atom is -0.391 e. The fourth-order valence-electron chi connectivity index (χ4n) is 3.00. The summed E-state index contributed by atoms with van der Waals surface area (Å²) in [4.78, 5) is 4.82. The molecule has 0 radical (unpaired) electrons. The molecule has 0 aromatic carbocycles. The Morgan fingerprint density at radius 1 is 1.23 bits per heavy atom. The number of rotatable bonds is 8. The fourth-order valence-corrected chi connectivity index (χ4v) is 3.00. The van der Waals surface area contributed by atoms with Crippen molar-refractivity contribution < 1.29 is 0 Å². The summed E-state index contributed by atoms with van der Waals surface area (Å²) in [5, 5.41) is 19.8. The Morgan fingerprint density at radius 3 is 2.73 bits per heavy atom. The van der Waals surface area contributed by atoms with E-state index in [4.69, 9.17) is 10.4 Å². The van der Waals surface area contributed by atoms with Crippen LogP contribution in [0.3, 0.4) is 0 Å². The molecular formula is C19H25N7. The molecule has 7 heteroatoms. The standard InChI is InChI=1S/C19H25N7/c1-4-16(5-2)25-12-15(11-23-25)19-18-7-8-22-26(18)13-17(24-19)14(9-20)10-21-6-3/h7-13,16,20-21H,4-6H2,1-3H3/b14-10+,20-9?. The van der Waals surface area contributed by atoms with Crippen molar-refractivity contribution in [2.75, 3.05) is 6.54 Å². The van der Waals surface area contributed by atoms with E-state index in [1.54, 1.807) is 10.7 Å². The van der Waals surface area contributed by atoms with Crippen molar-refractivity contribution in [1.82, 2.24) is 29.7 Å². The van der Waals surface area contributed by atoms with Gasteiger partial charge >= 0.3 is 0 Å². The second kappa shape index (κ2) is 7.95. The summed E-state index contributed by atoms with van der Waals surface area (Å²) in [6, 6.07) is 2.33.